The van der Waals surface area contributed by atoms with Crippen molar-refractivity contribution in [2.45, 2.75) is 6.42 Å². The van der Waals surface area contributed by atoms with Gasteiger partial charge in [-0.05, 0) is 30.7 Å². The molecule has 122 valence electrons. The minimum absolute atomic E-state index is 0.0879. The van der Waals surface area contributed by atoms with E-state index in [4.69, 9.17) is 23.2 Å². The first-order valence-electron chi connectivity index (χ1n) is 7.18. The van der Waals surface area contributed by atoms with E-state index in [-0.39, 0.29) is 15.6 Å². The first-order valence-corrected chi connectivity index (χ1v) is 7.93. The van der Waals surface area contributed by atoms with Crippen LogP contribution in [0.5, 0.6) is 0 Å². The zero-order valence-electron chi connectivity index (χ0n) is 12.7. The molecule has 2 rings (SSSR count). The molecule has 0 bridgehead atoms. The molecule has 0 heterocycles. The van der Waals surface area contributed by atoms with Crippen LogP contribution in [0.4, 0.5) is 10.1 Å². The summed E-state index contributed by atoms with van der Waals surface area (Å²) in [4.78, 5) is 14.1. The molecule has 0 aliphatic carbocycles. The maximum absolute atomic E-state index is 13.4. The van der Waals surface area contributed by atoms with Crippen molar-refractivity contribution < 1.29 is 9.18 Å². The second-order valence-electron chi connectivity index (χ2n) is 5.11. The predicted molar refractivity (Wildman–Crippen MR) is 93.1 cm³/mol. The van der Waals surface area contributed by atoms with Crippen molar-refractivity contribution >= 4 is 34.8 Å². The van der Waals surface area contributed by atoms with Gasteiger partial charge in [-0.2, -0.15) is 0 Å². The van der Waals surface area contributed by atoms with Crippen molar-refractivity contribution in [1.82, 2.24) is 5.32 Å². The van der Waals surface area contributed by atoms with E-state index in [1.165, 1.54) is 6.07 Å². The van der Waals surface area contributed by atoms with E-state index in [0.29, 0.717) is 6.54 Å². The lowest BCUT2D eigenvalue weighted by Gasteiger charge is -2.19. The lowest BCUT2D eigenvalue weighted by molar-refractivity contribution is 0.0953. The number of rotatable bonds is 6. The molecule has 23 heavy (non-hydrogen) atoms. The van der Waals surface area contributed by atoms with Gasteiger partial charge in [0.1, 0.15) is 5.82 Å². The summed E-state index contributed by atoms with van der Waals surface area (Å²) < 4.78 is 13.4. The second-order valence-corrected chi connectivity index (χ2v) is 5.93. The Morgan fingerprint density at radius 1 is 1.17 bits per heavy atom. The molecule has 0 fully saturated rings. The number of carbonyl (C=O) groups excluding carboxylic acids is 1. The number of hydrogen-bond acceptors (Lipinski definition) is 2. The molecular weight excluding hydrogens is 338 g/mol. The number of nitrogens with one attached hydrogen (secondary N) is 1. The minimum Gasteiger partial charge on any atom is -0.375 e. The van der Waals surface area contributed by atoms with Gasteiger partial charge in [0.05, 0.1) is 15.6 Å². The van der Waals surface area contributed by atoms with Crippen LogP contribution in [0, 0.1) is 5.82 Å². The molecule has 0 saturated carbocycles. The predicted octanol–water partition coefficient (Wildman–Crippen LogP) is 4.39. The van der Waals surface area contributed by atoms with Crippen LogP contribution in [0.3, 0.4) is 0 Å². The van der Waals surface area contributed by atoms with Crippen LogP contribution in [0.25, 0.3) is 0 Å². The summed E-state index contributed by atoms with van der Waals surface area (Å²) in [5.74, 6) is -1.07. The summed E-state index contributed by atoms with van der Waals surface area (Å²) in [7, 11) is 1.99. The topological polar surface area (TPSA) is 32.3 Å². The number of anilines is 1. The van der Waals surface area contributed by atoms with Crippen molar-refractivity contribution in [3.63, 3.8) is 0 Å². The standard InChI is InChI=1S/C17H17Cl2FN2O/c1-22(12-6-3-2-4-7-12)9-5-8-21-17(23)13-10-16(20)15(19)11-14(13)18/h2-4,6-7,10-11H,5,8-9H2,1H3,(H,21,23). The van der Waals surface area contributed by atoms with E-state index < -0.39 is 11.7 Å². The lowest BCUT2D eigenvalue weighted by atomic mass is 10.2. The molecule has 2 aromatic carbocycles. The minimum atomic E-state index is -0.662. The Bertz CT molecular complexity index is 680. The Morgan fingerprint density at radius 2 is 1.87 bits per heavy atom. The van der Waals surface area contributed by atoms with Gasteiger partial charge in [0.2, 0.25) is 0 Å². The summed E-state index contributed by atoms with van der Waals surface area (Å²) in [5, 5.41) is 2.77. The number of para-hydroxylation sites is 1. The summed E-state index contributed by atoms with van der Waals surface area (Å²) >= 11 is 11.5. The molecule has 0 radical (unpaired) electrons. The van der Waals surface area contributed by atoms with Crippen LogP contribution in [-0.4, -0.2) is 26.0 Å². The van der Waals surface area contributed by atoms with E-state index in [1.54, 1.807) is 0 Å². The van der Waals surface area contributed by atoms with E-state index in [2.05, 4.69) is 10.2 Å². The fraction of sp³-hybridized carbons (Fsp3) is 0.235. The molecule has 0 atom stereocenters. The van der Waals surface area contributed by atoms with E-state index >= 15 is 0 Å². The Morgan fingerprint density at radius 3 is 2.57 bits per heavy atom. The van der Waals surface area contributed by atoms with Crippen molar-refractivity contribution in [1.29, 1.82) is 0 Å². The Labute approximate surface area is 145 Å². The van der Waals surface area contributed by atoms with Crippen LogP contribution in [-0.2, 0) is 0 Å². The lowest BCUT2D eigenvalue weighted by Crippen LogP contribution is -2.28. The van der Waals surface area contributed by atoms with Gasteiger partial charge >= 0.3 is 0 Å². The summed E-state index contributed by atoms with van der Waals surface area (Å²) in [6.07, 6.45) is 0.755. The Hall–Kier alpha value is -1.78. The number of hydrogen-bond donors (Lipinski definition) is 1. The van der Waals surface area contributed by atoms with Crippen molar-refractivity contribution in [3.05, 3.63) is 63.9 Å². The zero-order chi connectivity index (χ0) is 16.8. The third-order valence-electron chi connectivity index (χ3n) is 3.41. The molecule has 0 unspecified atom stereocenters. The van der Waals surface area contributed by atoms with Gasteiger partial charge in [-0.1, -0.05) is 41.4 Å². The SMILES string of the molecule is CN(CCCNC(=O)c1cc(F)c(Cl)cc1Cl)c1ccccc1. The van der Waals surface area contributed by atoms with Crippen molar-refractivity contribution in [2.75, 3.05) is 25.0 Å². The fourth-order valence-electron chi connectivity index (χ4n) is 2.12. The van der Waals surface area contributed by atoms with Crippen LogP contribution in [0.2, 0.25) is 10.0 Å². The monoisotopic (exact) mass is 354 g/mol. The van der Waals surface area contributed by atoms with Gasteiger partial charge in [-0.25, -0.2) is 4.39 Å². The normalized spacial score (nSPS) is 10.4. The molecule has 0 aliphatic rings. The molecule has 1 N–H and O–H groups in total. The van der Waals surface area contributed by atoms with Crippen molar-refractivity contribution in [2.24, 2.45) is 0 Å². The second kappa shape index (κ2) is 8.18. The number of amides is 1. The molecule has 0 aromatic heterocycles. The molecular formula is C17H17Cl2FN2O. The molecule has 1 amide bonds. The highest BCUT2D eigenvalue weighted by atomic mass is 35.5. The zero-order valence-corrected chi connectivity index (χ0v) is 14.2. The van der Waals surface area contributed by atoms with Crippen LogP contribution in [0.15, 0.2) is 42.5 Å². The largest absolute Gasteiger partial charge is 0.375 e. The van der Waals surface area contributed by atoms with Crippen molar-refractivity contribution in [3.8, 4) is 0 Å². The average Bonchev–Trinajstić information content (AvgIpc) is 2.55. The summed E-state index contributed by atoms with van der Waals surface area (Å²) in [5.41, 5.74) is 1.20. The smallest absolute Gasteiger partial charge is 0.252 e. The number of carbonyl (C=O) groups is 1. The van der Waals surface area contributed by atoms with E-state index in [9.17, 15) is 9.18 Å². The van der Waals surface area contributed by atoms with Gasteiger partial charge in [0.25, 0.3) is 5.91 Å². The molecule has 0 spiro atoms. The molecule has 3 nitrogen and oxygen atoms in total. The maximum atomic E-state index is 13.4. The summed E-state index contributed by atoms with van der Waals surface area (Å²) in [6.45, 7) is 1.25. The highest BCUT2D eigenvalue weighted by Gasteiger charge is 2.13. The van der Waals surface area contributed by atoms with Gasteiger partial charge < -0.3 is 10.2 Å². The van der Waals surface area contributed by atoms with E-state index in [1.807, 2.05) is 37.4 Å². The van der Waals surface area contributed by atoms with Gasteiger partial charge in [-0.3, -0.25) is 4.79 Å². The molecule has 2 aromatic rings. The highest BCUT2D eigenvalue weighted by Crippen LogP contribution is 2.24. The number of benzene rings is 2. The first kappa shape index (κ1) is 17.6. The fourth-order valence-corrected chi connectivity index (χ4v) is 2.59. The van der Waals surface area contributed by atoms with Gasteiger partial charge in [0.15, 0.2) is 0 Å². The molecule has 0 saturated heterocycles. The average molecular weight is 355 g/mol. The van der Waals surface area contributed by atoms with Gasteiger partial charge in [0, 0.05) is 25.8 Å². The maximum Gasteiger partial charge on any atom is 0.252 e. The Balaban J connectivity index is 1.82. The third kappa shape index (κ3) is 4.85. The number of nitrogens with zero attached hydrogens (tertiary/aromatic N) is 1. The summed E-state index contributed by atoms with van der Waals surface area (Å²) in [6, 6.07) is 12.2. The highest BCUT2D eigenvalue weighted by molar-refractivity contribution is 6.36. The third-order valence-corrected chi connectivity index (χ3v) is 4.01. The Kier molecular flexibility index (Phi) is 6.25. The van der Waals surface area contributed by atoms with Gasteiger partial charge in [-0.15, -0.1) is 0 Å². The number of halogens is 3. The first-order chi connectivity index (χ1) is 11.0. The van der Waals surface area contributed by atoms with Crippen LogP contribution in [0.1, 0.15) is 16.8 Å². The van der Waals surface area contributed by atoms with E-state index in [0.717, 1.165) is 24.7 Å². The van der Waals surface area contributed by atoms with Crippen LogP contribution >= 0.6 is 23.2 Å². The van der Waals surface area contributed by atoms with Crippen LogP contribution < -0.4 is 10.2 Å². The molecule has 6 heteroatoms. The molecule has 0 aliphatic heterocycles. The quantitative estimate of drug-likeness (QED) is 0.616.